The standard InChI is InChI=1S/C23H19N3O4S/c1-3-19-23(29)25(12-26-21(27)15-6-4-5-7-16(15)22(26)28)18-10-14(8-9-20(18)30-19)17-11-31-13(2)24-17/h4-11,19H,3,12H2,1-2H3. The van der Waals surface area contributed by atoms with E-state index in [1.165, 1.54) is 4.90 Å². The lowest BCUT2D eigenvalue weighted by Gasteiger charge is -2.35. The van der Waals surface area contributed by atoms with Crippen LogP contribution >= 0.6 is 11.3 Å². The molecular formula is C23H19N3O4S. The zero-order chi connectivity index (χ0) is 21.7. The van der Waals surface area contributed by atoms with Crippen LogP contribution in [0.1, 0.15) is 39.1 Å². The molecule has 1 unspecified atom stereocenters. The molecule has 156 valence electrons. The molecule has 2 aliphatic heterocycles. The smallest absolute Gasteiger partial charge is 0.269 e. The second-order valence-corrected chi connectivity index (χ2v) is 8.50. The zero-order valence-electron chi connectivity index (χ0n) is 17.0. The molecule has 2 aromatic carbocycles. The van der Waals surface area contributed by atoms with Gasteiger partial charge in [-0.15, -0.1) is 11.3 Å². The molecule has 0 fully saturated rings. The van der Waals surface area contributed by atoms with E-state index in [-0.39, 0.29) is 12.6 Å². The number of aryl methyl sites for hydroxylation is 1. The van der Waals surface area contributed by atoms with Crippen LogP contribution in [0.2, 0.25) is 0 Å². The molecular weight excluding hydrogens is 414 g/mol. The molecule has 3 aromatic rings. The number of fused-ring (bicyclic) bond motifs is 2. The van der Waals surface area contributed by atoms with E-state index in [1.54, 1.807) is 35.6 Å². The number of imide groups is 1. The first-order chi connectivity index (χ1) is 15.0. The number of hydrogen-bond acceptors (Lipinski definition) is 6. The Morgan fingerprint density at radius 3 is 2.35 bits per heavy atom. The highest BCUT2D eigenvalue weighted by Gasteiger charge is 2.40. The summed E-state index contributed by atoms with van der Waals surface area (Å²) in [6.07, 6.45) is -0.195. The van der Waals surface area contributed by atoms with Gasteiger partial charge < -0.3 is 4.74 Å². The van der Waals surface area contributed by atoms with Gasteiger partial charge in [0, 0.05) is 10.9 Å². The van der Waals surface area contributed by atoms with Crippen LogP contribution in [0.15, 0.2) is 47.8 Å². The molecule has 2 aliphatic rings. The highest BCUT2D eigenvalue weighted by Crippen LogP contribution is 2.39. The third kappa shape index (κ3) is 3.11. The summed E-state index contributed by atoms with van der Waals surface area (Å²) in [6.45, 7) is 3.62. The number of aromatic nitrogens is 1. The molecule has 0 spiro atoms. The summed E-state index contributed by atoms with van der Waals surface area (Å²) in [6, 6.07) is 12.2. The Kier molecular flexibility index (Phi) is 4.59. The van der Waals surface area contributed by atoms with Crippen LogP contribution in [0, 0.1) is 6.92 Å². The molecule has 1 atom stereocenters. The molecule has 0 bridgehead atoms. The summed E-state index contributed by atoms with van der Waals surface area (Å²) in [5.74, 6) is -0.543. The van der Waals surface area contributed by atoms with Gasteiger partial charge in [-0.05, 0) is 43.7 Å². The number of amides is 3. The first-order valence-corrected chi connectivity index (χ1v) is 10.9. The third-order valence-corrected chi connectivity index (χ3v) is 6.28. The summed E-state index contributed by atoms with van der Waals surface area (Å²) in [5, 5.41) is 2.89. The van der Waals surface area contributed by atoms with Crippen molar-refractivity contribution in [1.82, 2.24) is 9.88 Å². The number of benzene rings is 2. The molecule has 7 nitrogen and oxygen atoms in total. The van der Waals surface area contributed by atoms with Gasteiger partial charge in [0.25, 0.3) is 17.7 Å². The number of carbonyl (C=O) groups is 3. The molecule has 5 rings (SSSR count). The normalized spacial score (nSPS) is 17.6. The number of carbonyl (C=O) groups excluding carboxylic acids is 3. The Bertz CT molecular complexity index is 1200. The minimum atomic E-state index is -0.671. The maximum Gasteiger partial charge on any atom is 0.269 e. The molecule has 3 amide bonds. The topological polar surface area (TPSA) is 79.8 Å². The van der Waals surface area contributed by atoms with Crippen molar-refractivity contribution in [1.29, 1.82) is 0 Å². The highest BCUT2D eigenvalue weighted by molar-refractivity contribution is 7.09. The van der Waals surface area contributed by atoms with Crippen LogP contribution in [-0.2, 0) is 4.79 Å². The molecule has 0 aliphatic carbocycles. The van der Waals surface area contributed by atoms with Crippen molar-refractivity contribution in [3.63, 3.8) is 0 Å². The minimum Gasteiger partial charge on any atom is -0.478 e. The van der Waals surface area contributed by atoms with E-state index >= 15 is 0 Å². The van der Waals surface area contributed by atoms with Gasteiger partial charge in [0.2, 0.25) is 0 Å². The Morgan fingerprint density at radius 1 is 1.03 bits per heavy atom. The lowest BCUT2D eigenvalue weighted by molar-refractivity contribution is -0.126. The van der Waals surface area contributed by atoms with Gasteiger partial charge in [-0.25, -0.2) is 4.98 Å². The van der Waals surface area contributed by atoms with E-state index < -0.39 is 17.9 Å². The first kappa shape index (κ1) is 19.4. The Labute approximate surface area is 182 Å². The average molecular weight is 433 g/mol. The quantitative estimate of drug-likeness (QED) is 0.584. The number of nitrogens with zero attached hydrogens (tertiary/aromatic N) is 3. The lowest BCUT2D eigenvalue weighted by atomic mass is 10.1. The maximum atomic E-state index is 13.2. The first-order valence-electron chi connectivity index (χ1n) is 9.97. The maximum absolute atomic E-state index is 13.2. The largest absolute Gasteiger partial charge is 0.478 e. The van der Waals surface area contributed by atoms with E-state index in [1.807, 2.05) is 37.4 Å². The van der Waals surface area contributed by atoms with Crippen molar-refractivity contribution in [3.05, 3.63) is 64.0 Å². The van der Waals surface area contributed by atoms with Gasteiger partial charge in [0.15, 0.2) is 6.10 Å². The Morgan fingerprint density at radius 2 is 1.74 bits per heavy atom. The van der Waals surface area contributed by atoms with Gasteiger partial charge in [-0.2, -0.15) is 0 Å². The second kappa shape index (κ2) is 7.31. The van der Waals surface area contributed by atoms with Crippen LogP contribution in [0.5, 0.6) is 5.75 Å². The summed E-state index contributed by atoms with van der Waals surface area (Å²) in [5.41, 5.74) is 2.87. The molecule has 1 aromatic heterocycles. The number of thiazole rings is 1. The van der Waals surface area contributed by atoms with E-state index in [2.05, 4.69) is 4.98 Å². The van der Waals surface area contributed by atoms with Crippen molar-refractivity contribution in [3.8, 4) is 17.0 Å². The van der Waals surface area contributed by atoms with Crippen LogP contribution in [0.3, 0.4) is 0 Å². The van der Waals surface area contributed by atoms with Gasteiger partial charge in [-0.3, -0.25) is 24.2 Å². The Balaban J connectivity index is 1.54. The predicted molar refractivity (Wildman–Crippen MR) is 116 cm³/mol. The fourth-order valence-corrected chi connectivity index (χ4v) is 4.51. The van der Waals surface area contributed by atoms with Crippen molar-refractivity contribution < 1.29 is 19.1 Å². The van der Waals surface area contributed by atoms with Gasteiger partial charge >= 0.3 is 0 Å². The zero-order valence-corrected chi connectivity index (χ0v) is 17.8. The van der Waals surface area contributed by atoms with Crippen LogP contribution < -0.4 is 9.64 Å². The molecule has 0 N–H and O–H groups in total. The summed E-state index contributed by atoms with van der Waals surface area (Å²) in [4.78, 5) is 46.0. The van der Waals surface area contributed by atoms with E-state index in [0.717, 1.165) is 21.2 Å². The lowest BCUT2D eigenvalue weighted by Crippen LogP contribution is -2.51. The van der Waals surface area contributed by atoms with E-state index in [4.69, 9.17) is 4.74 Å². The summed E-state index contributed by atoms with van der Waals surface area (Å²) in [7, 11) is 0. The van der Waals surface area contributed by atoms with Crippen LogP contribution in [0.4, 0.5) is 5.69 Å². The number of anilines is 1. The van der Waals surface area contributed by atoms with Crippen molar-refractivity contribution >= 4 is 34.7 Å². The highest BCUT2D eigenvalue weighted by atomic mass is 32.1. The third-order valence-electron chi connectivity index (χ3n) is 5.51. The fraction of sp³-hybridized carbons (Fsp3) is 0.217. The summed E-state index contributed by atoms with van der Waals surface area (Å²) < 4.78 is 5.90. The van der Waals surface area contributed by atoms with Gasteiger partial charge in [0.1, 0.15) is 12.4 Å². The number of ether oxygens (including phenoxy) is 1. The number of rotatable bonds is 4. The second-order valence-electron chi connectivity index (χ2n) is 7.44. The molecule has 0 saturated carbocycles. The van der Waals surface area contributed by atoms with Gasteiger partial charge in [0.05, 0.1) is 27.5 Å². The molecule has 0 radical (unpaired) electrons. The van der Waals surface area contributed by atoms with Crippen molar-refractivity contribution in [2.45, 2.75) is 26.4 Å². The average Bonchev–Trinajstić information content (AvgIpc) is 3.32. The van der Waals surface area contributed by atoms with Crippen LogP contribution in [-0.4, -0.2) is 40.4 Å². The van der Waals surface area contributed by atoms with Gasteiger partial charge in [-0.1, -0.05) is 19.1 Å². The van der Waals surface area contributed by atoms with Crippen LogP contribution in [0.25, 0.3) is 11.3 Å². The van der Waals surface area contributed by atoms with Crippen molar-refractivity contribution in [2.75, 3.05) is 11.6 Å². The van der Waals surface area contributed by atoms with E-state index in [0.29, 0.717) is 29.0 Å². The SMILES string of the molecule is CCC1Oc2ccc(-c3csc(C)n3)cc2N(CN2C(=O)c3ccccc3C2=O)C1=O. The van der Waals surface area contributed by atoms with E-state index in [9.17, 15) is 14.4 Å². The fourth-order valence-electron chi connectivity index (χ4n) is 3.89. The minimum absolute atomic E-state index is 0.169. The monoisotopic (exact) mass is 433 g/mol. The predicted octanol–water partition coefficient (Wildman–Crippen LogP) is 3.88. The number of hydrogen-bond donors (Lipinski definition) is 0. The summed E-state index contributed by atoms with van der Waals surface area (Å²) >= 11 is 1.54. The molecule has 31 heavy (non-hydrogen) atoms. The molecule has 0 saturated heterocycles. The molecule has 3 heterocycles. The Hall–Kier alpha value is -3.52. The molecule has 8 heteroatoms. The van der Waals surface area contributed by atoms with Crippen molar-refractivity contribution in [2.24, 2.45) is 0 Å².